The topological polar surface area (TPSA) is 51.2 Å². The van der Waals surface area contributed by atoms with Crippen molar-refractivity contribution in [3.8, 4) is 0 Å². The molecule has 1 rings (SSSR count). The van der Waals surface area contributed by atoms with Gasteiger partial charge in [0, 0.05) is 0 Å². The van der Waals surface area contributed by atoms with Gasteiger partial charge < -0.3 is 0 Å². The second-order valence-electron chi connectivity index (χ2n) is 3.02. The second kappa shape index (κ2) is 14.7. The van der Waals surface area contributed by atoms with Gasteiger partial charge in [-0.25, -0.2) is 12.2 Å². The van der Waals surface area contributed by atoms with E-state index in [-0.39, 0.29) is 0 Å². The third kappa shape index (κ3) is 19.3. The van der Waals surface area contributed by atoms with Crippen molar-refractivity contribution in [2.24, 2.45) is 0 Å². The molecule has 3 nitrogen and oxygen atoms in total. The molecular weight excluding hydrogens is 485 g/mol. The van der Waals surface area contributed by atoms with Crippen LogP contribution in [0.25, 0.3) is 0 Å². The van der Waals surface area contributed by atoms with Gasteiger partial charge >= 0.3 is 77.4 Å². The van der Waals surface area contributed by atoms with Crippen molar-refractivity contribution in [1.82, 2.24) is 0 Å². The standard InChI is InChI=1S/C5H5.3CO.3CH3.Re.Sn/c1-2-4-5-3-1;3*1-2;;;;;/h1-3H,4H2;;;;3*1H3;;/q-1;;;;;;;;. The van der Waals surface area contributed by atoms with E-state index in [4.69, 9.17) is 0 Å². The zero-order chi connectivity index (χ0) is 12.8. The van der Waals surface area contributed by atoms with Crippen molar-refractivity contribution in [2.45, 2.75) is 21.2 Å². The van der Waals surface area contributed by atoms with Crippen LogP contribution in [0.5, 0.6) is 0 Å². The van der Waals surface area contributed by atoms with Crippen molar-refractivity contribution in [2.75, 3.05) is 0 Å². The van der Waals surface area contributed by atoms with Gasteiger partial charge in [-0.1, -0.05) is 0 Å². The summed E-state index contributed by atoms with van der Waals surface area (Å²) in [7, 11) is 0. The van der Waals surface area contributed by atoms with E-state index in [0.29, 0.717) is 0 Å². The fourth-order valence-corrected chi connectivity index (χ4v) is 0.727. The molecule has 1 aliphatic carbocycles. The third-order valence-corrected chi connectivity index (χ3v) is 2.48. The minimum atomic E-state index is -2.97. The summed E-state index contributed by atoms with van der Waals surface area (Å²) in [5.74, 6) is 0. The van der Waals surface area contributed by atoms with Crippen LogP contribution in [0, 0.1) is 6.08 Å². The first kappa shape index (κ1) is 18.1. The van der Waals surface area contributed by atoms with Gasteiger partial charge in [0.25, 0.3) is 0 Å². The van der Waals surface area contributed by atoms with E-state index >= 15 is 0 Å². The van der Waals surface area contributed by atoms with Crippen molar-refractivity contribution >= 4 is 32.8 Å². The Balaban J connectivity index is 0. The van der Waals surface area contributed by atoms with Crippen molar-refractivity contribution in [3.63, 3.8) is 0 Å². The van der Waals surface area contributed by atoms with E-state index < -0.39 is 35.1 Å². The first-order valence-electron chi connectivity index (χ1n) is 4.40. The van der Waals surface area contributed by atoms with Crippen LogP contribution in [0.2, 0.25) is 14.8 Å². The molecule has 0 saturated carbocycles. The number of carbonyl (C=O) groups excluding carboxylic acids is 3. The molecule has 0 fully saturated rings. The van der Waals surface area contributed by atoms with E-state index in [9.17, 15) is 14.4 Å². The maximum absolute atomic E-state index is 9.40. The van der Waals surface area contributed by atoms with Crippen LogP contribution in [0.4, 0.5) is 0 Å². The molecular formula is C11H14O3ReSn-. The Morgan fingerprint density at radius 1 is 1.12 bits per heavy atom. The molecule has 0 amide bonds. The van der Waals surface area contributed by atoms with Gasteiger partial charge in [-0.3, -0.25) is 6.08 Å². The van der Waals surface area contributed by atoms with Gasteiger partial charge in [0.05, 0.1) is 0 Å². The number of hydrogen-bond donors (Lipinski definition) is 0. The van der Waals surface area contributed by atoms with Crippen molar-refractivity contribution < 1.29 is 29.8 Å². The minimum absolute atomic E-state index is 0.543. The normalized spacial score (nSPS) is 10.0. The van der Waals surface area contributed by atoms with Gasteiger partial charge in [-0.05, 0) is 0 Å². The van der Waals surface area contributed by atoms with Crippen LogP contribution in [-0.4, -0.2) is 32.8 Å². The predicted octanol–water partition coefficient (Wildman–Crippen LogP) is 1.48. The summed E-state index contributed by atoms with van der Waals surface area (Å²) in [5, 5.41) is 0. The fraction of sp³-hybridized carbons (Fsp3) is 0.364. The van der Waals surface area contributed by atoms with E-state index in [1.807, 2.05) is 12.2 Å². The molecule has 0 aromatic heterocycles. The average molecular weight is 499 g/mol. The molecule has 0 aliphatic heterocycles. The fourth-order valence-electron chi connectivity index (χ4n) is 0.387. The summed E-state index contributed by atoms with van der Waals surface area (Å²) < 4.78 is 3.87. The number of rotatable bonds is 0. The molecule has 88 valence electrons. The maximum atomic E-state index is 9.40. The molecule has 0 aromatic carbocycles. The summed E-state index contributed by atoms with van der Waals surface area (Å²) in [4.78, 5) is 35.3. The van der Waals surface area contributed by atoms with Gasteiger partial charge in [0.2, 0.25) is 0 Å². The van der Waals surface area contributed by atoms with Crippen LogP contribution in [-0.2, 0) is 29.8 Å². The van der Waals surface area contributed by atoms with E-state index in [2.05, 4.69) is 27.0 Å². The van der Waals surface area contributed by atoms with Crippen LogP contribution in [0.15, 0.2) is 18.2 Å². The van der Waals surface area contributed by atoms with Crippen LogP contribution >= 0.6 is 0 Å². The third-order valence-electron chi connectivity index (χ3n) is 0.817. The van der Waals surface area contributed by atoms with E-state index in [0.717, 1.165) is 6.42 Å². The van der Waals surface area contributed by atoms with Gasteiger partial charge in [-0.15, -0.1) is 6.42 Å². The molecule has 0 bridgehead atoms. The molecule has 0 unspecified atom stereocenters. The first-order chi connectivity index (χ1) is 7.58. The molecule has 1 aliphatic rings. The summed E-state index contributed by atoms with van der Waals surface area (Å²) in [6, 6.07) is 0. The quantitative estimate of drug-likeness (QED) is 0.375. The van der Waals surface area contributed by atoms with Gasteiger partial charge in [-0.2, -0.15) is 6.08 Å². The Hall–Kier alpha value is -0.319. The molecule has 0 aromatic rings. The summed E-state index contributed by atoms with van der Waals surface area (Å²) in [6.45, 7) is 0. The van der Waals surface area contributed by atoms with Gasteiger partial charge in [0.1, 0.15) is 0 Å². The zero-order valence-corrected chi connectivity index (χ0v) is 15.1. The Morgan fingerprint density at radius 3 is 1.62 bits per heavy atom. The van der Waals surface area contributed by atoms with E-state index in [1.54, 1.807) is 0 Å². The molecule has 0 saturated heterocycles. The van der Waals surface area contributed by atoms with Crippen LogP contribution in [0.3, 0.4) is 0 Å². The molecule has 0 heterocycles. The van der Waals surface area contributed by atoms with Crippen molar-refractivity contribution in [3.05, 3.63) is 24.3 Å². The molecule has 5 heteroatoms. The summed E-state index contributed by atoms with van der Waals surface area (Å²) >= 11 is -3.52. The Kier molecular flexibility index (Phi) is 16.6. The molecule has 0 atom stereocenters. The monoisotopic (exact) mass is 501 g/mol. The zero-order valence-electron chi connectivity index (χ0n) is 9.54. The Labute approximate surface area is 107 Å². The molecule has 0 N–H and O–H groups in total. The van der Waals surface area contributed by atoms with Crippen LogP contribution < -0.4 is 0 Å². The summed E-state index contributed by atoms with van der Waals surface area (Å²) in [5.41, 5.74) is 0. The van der Waals surface area contributed by atoms with Crippen LogP contribution in [0.1, 0.15) is 6.42 Å². The van der Waals surface area contributed by atoms with Crippen molar-refractivity contribution in [1.29, 1.82) is 0 Å². The molecule has 0 spiro atoms. The SMILES string of the molecule is O=[C]=[Re](=[C]=O)=[C]=O.[C-]1=CC=CC1.[CH3][Sn]([CH3])[CH3]. The Morgan fingerprint density at radius 2 is 1.56 bits per heavy atom. The summed E-state index contributed by atoms with van der Waals surface area (Å²) in [6.07, 6.45) is 10.0. The number of allylic oxidation sites excluding steroid dienone is 4. The predicted molar refractivity (Wildman–Crippen MR) is 62.0 cm³/mol. The Bertz CT molecular complexity index is 383. The van der Waals surface area contributed by atoms with Gasteiger partial charge in [0.15, 0.2) is 0 Å². The second-order valence-corrected chi connectivity index (χ2v) is 15.3. The average Bonchev–Trinajstić information content (AvgIpc) is 2.77. The van der Waals surface area contributed by atoms with E-state index in [1.165, 1.54) is 13.1 Å². The first-order valence-corrected chi connectivity index (χ1v) is 17.0. The molecule has 1 radical (unpaired) electrons. The molecule has 16 heavy (non-hydrogen) atoms. The number of hydrogen-bond acceptors (Lipinski definition) is 3.